The van der Waals surface area contributed by atoms with Crippen molar-refractivity contribution in [1.82, 2.24) is 3.97 Å². The Bertz CT molecular complexity index is 1020. The smallest absolute Gasteiger partial charge is 0.268 e. The molecule has 0 radical (unpaired) electrons. The van der Waals surface area contributed by atoms with Gasteiger partial charge in [-0.2, -0.15) is 0 Å². The van der Waals surface area contributed by atoms with Crippen LogP contribution >= 0.6 is 11.6 Å². The van der Waals surface area contributed by atoms with Gasteiger partial charge in [-0.25, -0.2) is 12.4 Å². The van der Waals surface area contributed by atoms with Crippen molar-refractivity contribution in [2.45, 2.75) is 11.8 Å². The first-order valence-corrected chi connectivity index (χ1v) is 8.57. The molecule has 2 aromatic carbocycles. The molecule has 7 heteroatoms. The van der Waals surface area contributed by atoms with Crippen molar-refractivity contribution in [2.75, 3.05) is 0 Å². The fourth-order valence-corrected chi connectivity index (χ4v) is 4.37. The minimum absolute atomic E-state index is 0.0313. The van der Waals surface area contributed by atoms with E-state index in [1.165, 1.54) is 12.1 Å². The third kappa shape index (κ3) is 2.40. The number of aromatic nitrogens is 1. The van der Waals surface area contributed by atoms with Crippen molar-refractivity contribution in [3.8, 4) is 0 Å². The number of benzene rings is 2. The molecular formula is C16H13ClN2O3S. The molecule has 2 N–H and O–H groups in total. The third-order valence-electron chi connectivity index (χ3n) is 3.56. The lowest BCUT2D eigenvalue weighted by Crippen LogP contribution is -2.22. The van der Waals surface area contributed by atoms with Gasteiger partial charge in [0.2, 0.25) is 0 Å². The normalized spacial score (nSPS) is 11.7. The van der Waals surface area contributed by atoms with Gasteiger partial charge in [0.25, 0.3) is 15.9 Å². The Labute approximate surface area is 138 Å². The van der Waals surface area contributed by atoms with E-state index >= 15 is 0 Å². The average molecular weight is 349 g/mol. The fourth-order valence-electron chi connectivity index (χ4n) is 2.45. The lowest BCUT2D eigenvalue weighted by molar-refractivity contribution is 0.0995. The minimum Gasteiger partial charge on any atom is -0.364 e. The zero-order valence-corrected chi connectivity index (χ0v) is 13.7. The fraction of sp³-hybridized carbons (Fsp3) is 0.0625. The SMILES string of the molecule is Cc1ccc(S(=O)(=O)n2c(C(N)=O)c(Cl)c3ccccc32)cc1. The molecule has 0 unspecified atom stereocenters. The summed E-state index contributed by atoms with van der Waals surface area (Å²) in [6.07, 6.45) is 0. The summed E-state index contributed by atoms with van der Waals surface area (Å²) >= 11 is 6.19. The van der Waals surface area contributed by atoms with Gasteiger partial charge in [-0.15, -0.1) is 0 Å². The van der Waals surface area contributed by atoms with E-state index in [2.05, 4.69) is 0 Å². The summed E-state index contributed by atoms with van der Waals surface area (Å²) in [6.45, 7) is 1.85. The topological polar surface area (TPSA) is 82.2 Å². The lowest BCUT2D eigenvalue weighted by atomic mass is 10.2. The third-order valence-corrected chi connectivity index (χ3v) is 5.67. The zero-order chi connectivity index (χ0) is 16.8. The molecule has 118 valence electrons. The first-order chi connectivity index (χ1) is 10.8. The predicted octanol–water partition coefficient (Wildman–Crippen LogP) is 2.94. The highest BCUT2D eigenvalue weighted by Crippen LogP contribution is 2.33. The van der Waals surface area contributed by atoms with Crippen LogP contribution < -0.4 is 5.73 Å². The number of nitrogens with two attached hydrogens (primary N) is 1. The van der Waals surface area contributed by atoms with Gasteiger partial charge >= 0.3 is 0 Å². The molecule has 0 saturated heterocycles. The second-order valence-electron chi connectivity index (χ2n) is 5.13. The molecule has 1 aromatic heterocycles. The van der Waals surface area contributed by atoms with Crippen molar-refractivity contribution < 1.29 is 13.2 Å². The molecule has 1 heterocycles. The number of carbonyl (C=O) groups is 1. The predicted molar refractivity (Wildman–Crippen MR) is 89.2 cm³/mol. The minimum atomic E-state index is -4.01. The molecule has 3 aromatic rings. The summed E-state index contributed by atoms with van der Waals surface area (Å²) in [5.74, 6) is -0.901. The average Bonchev–Trinajstić information content (AvgIpc) is 2.82. The Morgan fingerprint density at radius 1 is 1.09 bits per heavy atom. The van der Waals surface area contributed by atoms with Crippen LogP contribution in [-0.4, -0.2) is 18.3 Å². The molecule has 0 saturated carbocycles. The van der Waals surface area contributed by atoms with Crippen LogP contribution in [0.1, 0.15) is 16.1 Å². The van der Waals surface area contributed by atoms with E-state index < -0.39 is 15.9 Å². The van der Waals surface area contributed by atoms with Crippen molar-refractivity contribution in [1.29, 1.82) is 0 Å². The highest BCUT2D eigenvalue weighted by Gasteiger charge is 2.28. The van der Waals surface area contributed by atoms with Crippen LogP contribution in [0.25, 0.3) is 10.9 Å². The highest BCUT2D eigenvalue weighted by atomic mass is 35.5. The maximum atomic E-state index is 13.0. The quantitative estimate of drug-likeness (QED) is 0.790. The van der Waals surface area contributed by atoms with Crippen LogP contribution in [0.5, 0.6) is 0 Å². The van der Waals surface area contributed by atoms with E-state index in [0.717, 1.165) is 9.54 Å². The number of amides is 1. The van der Waals surface area contributed by atoms with Gasteiger partial charge in [0.15, 0.2) is 0 Å². The Kier molecular flexibility index (Phi) is 3.66. The Hall–Kier alpha value is -2.31. The number of nitrogens with zero attached hydrogens (tertiary/aromatic N) is 1. The number of primary amides is 1. The van der Waals surface area contributed by atoms with Gasteiger partial charge < -0.3 is 5.73 Å². The second-order valence-corrected chi connectivity index (χ2v) is 7.29. The standard InChI is InChI=1S/C16H13ClN2O3S/c1-10-6-8-11(9-7-10)23(21,22)19-13-5-3-2-4-12(13)14(17)15(19)16(18)20/h2-9H,1H3,(H2,18,20). The molecule has 0 fully saturated rings. The molecule has 0 aliphatic rings. The monoisotopic (exact) mass is 348 g/mol. The molecule has 0 atom stereocenters. The number of rotatable bonds is 3. The number of aryl methyl sites for hydroxylation is 1. The van der Waals surface area contributed by atoms with Gasteiger partial charge in [-0.1, -0.05) is 47.5 Å². The van der Waals surface area contributed by atoms with Crippen LogP contribution in [0.15, 0.2) is 53.4 Å². The van der Waals surface area contributed by atoms with E-state index in [4.69, 9.17) is 17.3 Å². The largest absolute Gasteiger partial charge is 0.364 e. The van der Waals surface area contributed by atoms with Crippen molar-refractivity contribution in [2.24, 2.45) is 5.73 Å². The van der Waals surface area contributed by atoms with Gasteiger partial charge in [0, 0.05) is 5.39 Å². The molecule has 1 amide bonds. The van der Waals surface area contributed by atoms with Crippen LogP contribution in [0.3, 0.4) is 0 Å². The molecular weight excluding hydrogens is 336 g/mol. The van der Waals surface area contributed by atoms with E-state index in [1.54, 1.807) is 36.4 Å². The van der Waals surface area contributed by atoms with E-state index in [0.29, 0.717) is 10.9 Å². The van der Waals surface area contributed by atoms with Crippen LogP contribution in [0.4, 0.5) is 0 Å². The first kappa shape index (κ1) is 15.6. The molecule has 23 heavy (non-hydrogen) atoms. The summed E-state index contributed by atoms with van der Waals surface area (Å²) in [7, 11) is -4.01. The van der Waals surface area contributed by atoms with E-state index in [-0.39, 0.29) is 15.6 Å². The summed E-state index contributed by atoms with van der Waals surface area (Å²) < 4.78 is 26.9. The maximum absolute atomic E-state index is 13.0. The van der Waals surface area contributed by atoms with Crippen molar-refractivity contribution in [3.05, 3.63) is 64.8 Å². The van der Waals surface area contributed by atoms with Gasteiger partial charge in [0.1, 0.15) is 5.69 Å². The molecule has 3 rings (SSSR count). The van der Waals surface area contributed by atoms with Gasteiger partial charge in [-0.3, -0.25) is 4.79 Å². The molecule has 0 bridgehead atoms. The number of fused-ring (bicyclic) bond motifs is 1. The molecule has 0 spiro atoms. The number of halogens is 1. The van der Waals surface area contributed by atoms with E-state index in [1.807, 2.05) is 6.92 Å². The Balaban J connectivity index is 2.41. The van der Waals surface area contributed by atoms with Gasteiger partial charge in [-0.05, 0) is 25.1 Å². The number of carbonyl (C=O) groups excluding carboxylic acids is 1. The molecule has 5 nitrogen and oxygen atoms in total. The number of hydrogen-bond acceptors (Lipinski definition) is 3. The number of para-hydroxylation sites is 1. The zero-order valence-electron chi connectivity index (χ0n) is 12.2. The highest BCUT2D eigenvalue weighted by molar-refractivity contribution is 7.90. The molecule has 0 aliphatic carbocycles. The number of hydrogen-bond donors (Lipinski definition) is 1. The Morgan fingerprint density at radius 2 is 1.70 bits per heavy atom. The molecule has 0 aliphatic heterocycles. The van der Waals surface area contributed by atoms with Crippen LogP contribution in [0, 0.1) is 6.92 Å². The van der Waals surface area contributed by atoms with E-state index in [9.17, 15) is 13.2 Å². The summed E-state index contributed by atoms with van der Waals surface area (Å²) in [5, 5.41) is 0.488. The van der Waals surface area contributed by atoms with Crippen molar-refractivity contribution in [3.63, 3.8) is 0 Å². The lowest BCUT2D eigenvalue weighted by Gasteiger charge is -2.10. The Morgan fingerprint density at radius 3 is 2.30 bits per heavy atom. The van der Waals surface area contributed by atoms with Crippen LogP contribution in [-0.2, 0) is 10.0 Å². The summed E-state index contributed by atoms with van der Waals surface area (Å²) in [4.78, 5) is 11.9. The second kappa shape index (κ2) is 5.40. The summed E-state index contributed by atoms with van der Waals surface area (Å²) in [6, 6.07) is 12.9. The van der Waals surface area contributed by atoms with Crippen molar-refractivity contribution >= 4 is 38.4 Å². The maximum Gasteiger partial charge on any atom is 0.268 e. The first-order valence-electron chi connectivity index (χ1n) is 6.75. The van der Waals surface area contributed by atoms with Gasteiger partial charge in [0.05, 0.1) is 15.4 Å². The van der Waals surface area contributed by atoms with Crippen LogP contribution in [0.2, 0.25) is 5.02 Å². The summed E-state index contributed by atoms with van der Waals surface area (Å²) in [5.41, 5.74) is 6.36.